The van der Waals surface area contributed by atoms with Crippen molar-refractivity contribution in [3.8, 4) is 23.0 Å². The summed E-state index contributed by atoms with van der Waals surface area (Å²) in [6.45, 7) is 14.2. The molecule has 2 aliphatic heterocycles. The van der Waals surface area contributed by atoms with Gasteiger partial charge < -0.3 is 48.5 Å². The molecule has 2 aliphatic rings. The summed E-state index contributed by atoms with van der Waals surface area (Å²) in [6.07, 6.45) is 0. The molecule has 0 spiro atoms. The number of carbonyl (C=O) groups is 4. The zero-order valence-corrected chi connectivity index (χ0v) is 33.1. The average Bonchev–Trinajstić information content (AvgIpc) is 3.14. The third kappa shape index (κ3) is 9.07. The minimum atomic E-state index is -0.813. The molecule has 0 amide bonds. The van der Waals surface area contributed by atoms with E-state index in [1.807, 2.05) is 0 Å². The number of allylic oxidation sites excluding steroid dienone is 4. The molecule has 0 radical (unpaired) electrons. The summed E-state index contributed by atoms with van der Waals surface area (Å²) >= 11 is 0. The summed E-state index contributed by atoms with van der Waals surface area (Å²) in [5.74, 6) is -2.61. The molecule has 0 atom stereocenters. The van der Waals surface area contributed by atoms with E-state index in [1.165, 1.54) is 14.2 Å². The minimum Gasteiger partial charge on any atom is -0.493 e. The lowest BCUT2D eigenvalue weighted by molar-refractivity contribution is -0.141. The maximum absolute atomic E-state index is 13.2. The number of ether oxygens (including phenoxy) is 8. The largest absolute Gasteiger partial charge is 0.493 e. The second-order valence-corrected chi connectivity index (χ2v) is 12.4. The Balaban J connectivity index is 1.64. The van der Waals surface area contributed by atoms with E-state index in [9.17, 15) is 19.2 Å². The van der Waals surface area contributed by atoms with Gasteiger partial charge in [-0.05, 0) is 90.8 Å². The van der Waals surface area contributed by atoms with Crippen molar-refractivity contribution in [3.05, 3.63) is 92.6 Å². The summed E-state index contributed by atoms with van der Waals surface area (Å²) in [7, 11) is 2.94. The molecule has 0 saturated carbocycles. The Morgan fingerprint density at radius 3 is 1.04 bits per heavy atom. The van der Waals surface area contributed by atoms with Gasteiger partial charge in [0, 0.05) is 22.8 Å². The van der Waals surface area contributed by atoms with Crippen LogP contribution in [0.4, 0.5) is 0 Å². The molecule has 0 unspecified atom stereocenters. The number of hydrogen-bond acceptors (Lipinski definition) is 14. The molecule has 0 saturated heterocycles. The Kier molecular flexibility index (Phi) is 14.4. The quantitative estimate of drug-likeness (QED) is 0.119. The van der Waals surface area contributed by atoms with Gasteiger partial charge in [-0.2, -0.15) is 0 Å². The number of esters is 4. The number of nitrogens with one attached hydrogen (secondary N) is 2. The van der Waals surface area contributed by atoms with Gasteiger partial charge in [-0.25, -0.2) is 19.2 Å². The molecule has 14 heteroatoms. The molecule has 0 bridgehead atoms. The van der Waals surface area contributed by atoms with Crippen LogP contribution in [0.1, 0.15) is 78.4 Å². The number of benzene rings is 2. The lowest BCUT2D eigenvalue weighted by Gasteiger charge is -2.30. The fourth-order valence-electron chi connectivity index (χ4n) is 6.69. The second kappa shape index (κ2) is 18.9. The number of carbonyl (C=O) groups excluding carboxylic acids is 4. The molecular formula is C41H50N2O12. The smallest absolute Gasteiger partial charge is 0.336 e. The SMILES string of the molecule is CCOC(=O)C1=C(C)NC(C)=C(C(=O)OCC)C1c1ccc(OCOc2ccc(C3C(C(=O)OCC)=C(C)NC(C)=C3C(=O)OCC)cc2OC)c(OC)c1. The Labute approximate surface area is 321 Å². The topological polar surface area (TPSA) is 166 Å². The van der Waals surface area contributed by atoms with Crippen LogP contribution in [0.2, 0.25) is 0 Å². The summed E-state index contributed by atoms with van der Waals surface area (Å²) < 4.78 is 44.9. The van der Waals surface area contributed by atoms with Crippen LogP contribution in [-0.2, 0) is 38.1 Å². The molecule has 55 heavy (non-hydrogen) atoms. The zero-order valence-electron chi connectivity index (χ0n) is 33.1. The van der Waals surface area contributed by atoms with Crippen LogP contribution in [-0.4, -0.2) is 71.3 Å². The highest BCUT2D eigenvalue weighted by Crippen LogP contribution is 2.44. The van der Waals surface area contributed by atoms with E-state index in [2.05, 4.69) is 10.6 Å². The first-order valence-electron chi connectivity index (χ1n) is 18.0. The lowest BCUT2D eigenvalue weighted by Crippen LogP contribution is -2.32. The van der Waals surface area contributed by atoms with E-state index >= 15 is 0 Å². The van der Waals surface area contributed by atoms with E-state index in [4.69, 9.17) is 37.9 Å². The van der Waals surface area contributed by atoms with Crippen LogP contribution >= 0.6 is 0 Å². The van der Waals surface area contributed by atoms with Crippen LogP contribution in [0.25, 0.3) is 0 Å². The van der Waals surface area contributed by atoms with Crippen LogP contribution in [0.3, 0.4) is 0 Å². The van der Waals surface area contributed by atoms with Gasteiger partial charge in [0.05, 0.1) is 74.8 Å². The van der Waals surface area contributed by atoms with Crippen LogP contribution < -0.4 is 29.6 Å². The number of hydrogen-bond donors (Lipinski definition) is 2. The predicted molar refractivity (Wildman–Crippen MR) is 201 cm³/mol. The van der Waals surface area contributed by atoms with E-state index in [1.54, 1.807) is 91.8 Å². The monoisotopic (exact) mass is 762 g/mol. The lowest BCUT2D eigenvalue weighted by atomic mass is 9.80. The fraction of sp³-hybridized carbons (Fsp3) is 0.415. The van der Waals surface area contributed by atoms with Gasteiger partial charge in [-0.15, -0.1) is 0 Å². The van der Waals surface area contributed by atoms with Crippen molar-refractivity contribution < 1.29 is 57.1 Å². The standard InChI is InChI=1S/C41H50N2O12/c1-11-50-38(44)32-22(5)42-23(6)33(39(45)51-12-2)36(32)26-15-17-28(30(19-26)48-9)54-21-55-29-18-16-27(20-31(29)49-10)37-34(40(46)52-13-3)24(7)43-25(8)35(37)41(47)53-14-4/h15-20,36-37,42-43H,11-14,21H2,1-10H3. The number of dihydropyridines is 2. The first-order valence-corrected chi connectivity index (χ1v) is 18.0. The normalized spacial score (nSPS) is 14.9. The molecule has 2 heterocycles. The summed E-state index contributed by atoms with van der Waals surface area (Å²) in [5, 5.41) is 6.25. The summed E-state index contributed by atoms with van der Waals surface area (Å²) in [5.41, 5.74) is 4.44. The van der Waals surface area contributed by atoms with Gasteiger partial charge in [-0.3, -0.25) is 0 Å². The third-order valence-corrected chi connectivity index (χ3v) is 8.97. The van der Waals surface area contributed by atoms with E-state index in [0.29, 0.717) is 56.9 Å². The first kappa shape index (κ1) is 41.8. The maximum Gasteiger partial charge on any atom is 0.336 e. The minimum absolute atomic E-state index is 0.151. The number of rotatable bonds is 16. The van der Waals surface area contributed by atoms with Gasteiger partial charge >= 0.3 is 23.9 Å². The molecule has 2 aromatic carbocycles. The second-order valence-electron chi connectivity index (χ2n) is 12.4. The highest BCUT2D eigenvalue weighted by atomic mass is 16.7. The van der Waals surface area contributed by atoms with Gasteiger partial charge in [-0.1, -0.05) is 12.1 Å². The molecule has 2 N–H and O–H groups in total. The maximum atomic E-state index is 13.2. The van der Waals surface area contributed by atoms with Crippen molar-refractivity contribution in [2.45, 2.75) is 67.2 Å². The van der Waals surface area contributed by atoms with Crippen molar-refractivity contribution in [1.82, 2.24) is 10.6 Å². The van der Waals surface area contributed by atoms with Crippen LogP contribution in [0.15, 0.2) is 81.5 Å². The van der Waals surface area contributed by atoms with Crippen LogP contribution in [0, 0.1) is 0 Å². The molecule has 14 nitrogen and oxygen atoms in total. The van der Waals surface area contributed by atoms with Crippen LogP contribution in [0.5, 0.6) is 23.0 Å². The van der Waals surface area contributed by atoms with Crippen molar-refractivity contribution in [3.63, 3.8) is 0 Å². The Morgan fingerprint density at radius 1 is 0.491 bits per heavy atom. The average molecular weight is 763 g/mol. The van der Waals surface area contributed by atoms with Gasteiger partial charge in [0.2, 0.25) is 6.79 Å². The molecule has 0 fully saturated rings. The van der Waals surface area contributed by atoms with Crippen molar-refractivity contribution in [1.29, 1.82) is 0 Å². The molecule has 0 aromatic heterocycles. The van der Waals surface area contributed by atoms with Gasteiger partial charge in [0.15, 0.2) is 23.0 Å². The summed E-state index contributed by atoms with van der Waals surface area (Å²) in [4.78, 5) is 52.9. The summed E-state index contributed by atoms with van der Waals surface area (Å²) in [6, 6.07) is 10.1. The van der Waals surface area contributed by atoms with E-state index in [-0.39, 0.29) is 55.5 Å². The van der Waals surface area contributed by atoms with E-state index < -0.39 is 35.7 Å². The Bertz CT molecular complexity index is 1720. The number of methoxy groups -OCH3 is 2. The zero-order chi connectivity index (χ0) is 40.4. The third-order valence-electron chi connectivity index (χ3n) is 8.97. The molecule has 4 rings (SSSR count). The van der Waals surface area contributed by atoms with E-state index in [0.717, 1.165) is 0 Å². The van der Waals surface area contributed by atoms with Gasteiger partial charge in [0.1, 0.15) is 0 Å². The highest BCUT2D eigenvalue weighted by Gasteiger charge is 2.40. The molecule has 296 valence electrons. The molecule has 2 aromatic rings. The van der Waals surface area contributed by atoms with Crippen molar-refractivity contribution in [2.75, 3.05) is 47.4 Å². The van der Waals surface area contributed by atoms with Crippen molar-refractivity contribution >= 4 is 23.9 Å². The Hall–Kier alpha value is -5.92. The highest BCUT2D eigenvalue weighted by molar-refractivity contribution is 6.01. The fourth-order valence-corrected chi connectivity index (χ4v) is 6.69. The molecular weight excluding hydrogens is 712 g/mol. The predicted octanol–water partition coefficient (Wildman–Crippen LogP) is 5.84. The molecule has 0 aliphatic carbocycles. The van der Waals surface area contributed by atoms with Crippen molar-refractivity contribution in [2.24, 2.45) is 0 Å². The van der Waals surface area contributed by atoms with Gasteiger partial charge in [0.25, 0.3) is 0 Å². The Morgan fingerprint density at radius 2 is 0.782 bits per heavy atom. The first-order chi connectivity index (χ1) is 26.4.